The van der Waals surface area contributed by atoms with E-state index in [0.717, 1.165) is 0 Å². The van der Waals surface area contributed by atoms with Crippen LogP contribution in [0.25, 0.3) is 0 Å². The van der Waals surface area contributed by atoms with Crippen LogP contribution in [-0.4, -0.2) is 17.5 Å². The fourth-order valence-electron chi connectivity index (χ4n) is 1.56. The van der Waals surface area contributed by atoms with Gasteiger partial charge in [0.2, 0.25) is 0 Å². The molecular formula is C12H14BrFO2. The fraction of sp³-hybridized carbons (Fsp3) is 0.417. The van der Waals surface area contributed by atoms with Gasteiger partial charge in [0.15, 0.2) is 0 Å². The number of carbonyl (C=O) groups excluding carboxylic acids is 1. The van der Waals surface area contributed by atoms with Gasteiger partial charge in [0.05, 0.1) is 0 Å². The van der Waals surface area contributed by atoms with Gasteiger partial charge in [-0.25, -0.2) is 4.39 Å². The summed E-state index contributed by atoms with van der Waals surface area (Å²) in [6, 6.07) is 4.78. The van der Waals surface area contributed by atoms with Crippen molar-refractivity contribution in [1.29, 1.82) is 0 Å². The lowest BCUT2D eigenvalue weighted by Crippen LogP contribution is -2.16. The van der Waals surface area contributed by atoms with Crippen LogP contribution >= 0.6 is 15.9 Å². The van der Waals surface area contributed by atoms with Crippen LogP contribution in [0.4, 0.5) is 4.39 Å². The molecule has 0 aliphatic rings. The number of Topliss-reactive ketones (excluding diaryl/α,β-unsaturated/α-hetero) is 1. The second-order valence-corrected chi connectivity index (χ2v) is 4.68. The summed E-state index contributed by atoms with van der Waals surface area (Å²) in [6.45, 7) is 1.42. The SMILES string of the molecule is CC(=O)C(CCO)Cc1ccc(Br)cc1F. The molecule has 1 aromatic rings. The van der Waals surface area contributed by atoms with Crippen LogP contribution in [0.15, 0.2) is 22.7 Å². The Labute approximate surface area is 103 Å². The number of ketones is 1. The van der Waals surface area contributed by atoms with Crippen molar-refractivity contribution in [3.8, 4) is 0 Å². The van der Waals surface area contributed by atoms with E-state index in [2.05, 4.69) is 15.9 Å². The molecule has 0 aromatic heterocycles. The molecule has 0 heterocycles. The van der Waals surface area contributed by atoms with Gasteiger partial charge in [0.1, 0.15) is 11.6 Å². The van der Waals surface area contributed by atoms with Crippen molar-refractivity contribution in [3.63, 3.8) is 0 Å². The summed E-state index contributed by atoms with van der Waals surface area (Å²) in [5, 5.41) is 8.82. The van der Waals surface area contributed by atoms with Gasteiger partial charge in [-0.1, -0.05) is 22.0 Å². The quantitative estimate of drug-likeness (QED) is 0.905. The van der Waals surface area contributed by atoms with E-state index in [4.69, 9.17) is 5.11 Å². The van der Waals surface area contributed by atoms with Gasteiger partial charge in [0.25, 0.3) is 0 Å². The normalized spacial score (nSPS) is 12.5. The van der Waals surface area contributed by atoms with E-state index < -0.39 is 0 Å². The highest BCUT2D eigenvalue weighted by Crippen LogP contribution is 2.20. The van der Waals surface area contributed by atoms with Crippen LogP contribution < -0.4 is 0 Å². The summed E-state index contributed by atoms with van der Waals surface area (Å²) in [5.74, 6) is -0.643. The zero-order chi connectivity index (χ0) is 12.1. The zero-order valence-corrected chi connectivity index (χ0v) is 10.6. The maximum atomic E-state index is 13.5. The van der Waals surface area contributed by atoms with Gasteiger partial charge in [-0.15, -0.1) is 0 Å². The van der Waals surface area contributed by atoms with Crippen LogP contribution in [-0.2, 0) is 11.2 Å². The van der Waals surface area contributed by atoms with Gasteiger partial charge in [-0.2, -0.15) is 0 Å². The lowest BCUT2D eigenvalue weighted by Gasteiger charge is -2.12. The first-order valence-corrected chi connectivity index (χ1v) is 5.89. The summed E-state index contributed by atoms with van der Waals surface area (Å²) in [6.07, 6.45) is 0.722. The fourth-order valence-corrected chi connectivity index (χ4v) is 1.89. The minimum absolute atomic E-state index is 0.0173. The van der Waals surface area contributed by atoms with Gasteiger partial charge in [0, 0.05) is 17.0 Å². The molecule has 0 saturated carbocycles. The molecule has 1 rings (SSSR count). The molecule has 1 aromatic carbocycles. The molecule has 1 N–H and O–H groups in total. The van der Waals surface area contributed by atoms with Crippen molar-refractivity contribution in [1.82, 2.24) is 0 Å². The number of halogens is 2. The van der Waals surface area contributed by atoms with Crippen LogP contribution in [0.5, 0.6) is 0 Å². The molecule has 0 bridgehead atoms. The van der Waals surface area contributed by atoms with E-state index in [1.54, 1.807) is 12.1 Å². The van der Waals surface area contributed by atoms with E-state index >= 15 is 0 Å². The monoisotopic (exact) mass is 288 g/mol. The molecule has 0 aliphatic carbocycles. The summed E-state index contributed by atoms with van der Waals surface area (Å²) >= 11 is 3.18. The molecule has 0 radical (unpaired) electrons. The van der Waals surface area contributed by atoms with E-state index in [-0.39, 0.29) is 24.1 Å². The molecule has 0 amide bonds. The molecule has 1 atom stereocenters. The maximum absolute atomic E-state index is 13.5. The number of hydrogen-bond donors (Lipinski definition) is 1. The average molecular weight is 289 g/mol. The van der Waals surface area contributed by atoms with Gasteiger partial charge in [-0.3, -0.25) is 4.79 Å². The Morgan fingerprint density at radius 2 is 2.25 bits per heavy atom. The molecule has 4 heteroatoms. The second-order valence-electron chi connectivity index (χ2n) is 3.76. The number of benzene rings is 1. The van der Waals surface area contributed by atoms with Crippen molar-refractivity contribution in [2.75, 3.05) is 6.61 Å². The molecule has 88 valence electrons. The zero-order valence-electron chi connectivity index (χ0n) is 9.04. The Balaban J connectivity index is 2.81. The molecule has 0 aliphatic heterocycles. The minimum Gasteiger partial charge on any atom is -0.396 e. The van der Waals surface area contributed by atoms with Gasteiger partial charge in [-0.05, 0) is 37.5 Å². The number of carbonyl (C=O) groups is 1. The number of aliphatic hydroxyl groups excluding tert-OH is 1. The Bertz CT molecular complexity index is 379. The molecule has 0 saturated heterocycles. The first kappa shape index (κ1) is 13.3. The first-order valence-electron chi connectivity index (χ1n) is 5.10. The van der Waals surface area contributed by atoms with Crippen LogP contribution in [0.1, 0.15) is 18.9 Å². The number of hydrogen-bond acceptors (Lipinski definition) is 2. The topological polar surface area (TPSA) is 37.3 Å². The lowest BCUT2D eigenvalue weighted by molar-refractivity contribution is -0.121. The van der Waals surface area contributed by atoms with Crippen molar-refractivity contribution in [3.05, 3.63) is 34.1 Å². The predicted octanol–water partition coefficient (Wildman–Crippen LogP) is 2.72. The highest BCUT2D eigenvalue weighted by atomic mass is 79.9. The van der Waals surface area contributed by atoms with E-state index in [0.29, 0.717) is 22.9 Å². The average Bonchev–Trinajstić information content (AvgIpc) is 2.20. The van der Waals surface area contributed by atoms with Crippen LogP contribution in [0.2, 0.25) is 0 Å². The number of rotatable bonds is 5. The third-order valence-corrected chi connectivity index (χ3v) is 3.03. The van der Waals surface area contributed by atoms with Crippen LogP contribution in [0.3, 0.4) is 0 Å². The first-order chi connectivity index (χ1) is 7.54. The van der Waals surface area contributed by atoms with Crippen molar-refractivity contribution in [2.24, 2.45) is 5.92 Å². The summed E-state index contributed by atoms with van der Waals surface area (Å²) < 4.78 is 14.2. The molecular weight excluding hydrogens is 275 g/mol. The van der Waals surface area contributed by atoms with Gasteiger partial charge >= 0.3 is 0 Å². The third-order valence-electron chi connectivity index (χ3n) is 2.53. The summed E-state index contributed by atoms with van der Waals surface area (Å²) in [4.78, 5) is 11.3. The minimum atomic E-state index is -0.321. The Kier molecular flexibility index (Phi) is 5.09. The second kappa shape index (κ2) is 6.11. The Morgan fingerprint density at radius 3 is 2.75 bits per heavy atom. The third kappa shape index (κ3) is 3.68. The van der Waals surface area contributed by atoms with E-state index in [9.17, 15) is 9.18 Å². The molecule has 1 unspecified atom stereocenters. The molecule has 2 nitrogen and oxygen atoms in total. The molecule has 0 spiro atoms. The maximum Gasteiger partial charge on any atom is 0.133 e. The molecule has 16 heavy (non-hydrogen) atoms. The summed E-state index contributed by atoms with van der Waals surface area (Å²) in [5.41, 5.74) is 0.511. The van der Waals surface area contributed by atoms with Crippen molar-refractivity contribution >= 4 is 21.7 Å². The van der Waals surface area contributed by atoms with Crippen molar-refractivity contribution in [2.45, 2.75) is 19.8 Å². The van der Waals surface area contributed by atoms with E-state index in [1.165, 1.54) is 13.0 Å². The largest absolute Gasteiger partial charge is 0.396 e. The van der Waals surface area contributed by atoms with Crippen molar-refractivity contribution < 1.29 is 14.3 Å². The molecule has 0 fully saturated rings. The van der Waals surface area contributed by atoms with E-state index in [1.807, 2.05) is 0 Å². The summed E-state index contributed by atoms with van der Waals surface area (Å²) in [7, 11) is 0. The number of aliphatic hydroxyl groups is 1. The predicted molar refractivity (Wildman–Crippen MR) is 63.7 cm³/mol. The Morgan fingerprint density at radius 1 is 1.56 bits per heavy atom. The Hall–Kier alpha value is -0.740. The highest BCUT2D eigenvalue weighted by Gasteiger charge is 2.16. The van der Waals surface area contributed by atoms with Crippen LogP contribution in [0, 0.1) is 11.7 Å². The standard InChI is InChI=1S/C12H14BrFO2/c1-8(16)9(4-5-15)6-10-2-3-11(13)7-12(10)14/h2-3,7,9,15H,4-6H2,1H3. The lowest BCUT2D eigenvalue weighted by atomic mass is 9.93. The highest BCUT2D eigenvalue weighted by molar-refractivity contribution is 9.10. The smallest absolute Gasteiger partial charge is 0.133 e. The van der Waals surface area contributed by atoms with Gasteiger partial charge < -0.3 is 5.11 Å².